The predicted molar refractivity (Wildman–Crippen MR) is 80.1 cm³/mol. The SMILES string of the molecule is COCCNCc1cc(C)nc(N2CCN(C)CC2)n1. The highest BCUT2D eigenvalue weighted by molar-refractivity contribution is 5.33. The Kier molecular flexibility index (Phi) is 5.70. The average molecular weight is 279 g/mol. The minimum atomic E-state index is 0.718. The van der Waals surface area contributed by atoms with Crippen LogP contribution in [-0.2, 0) is 11.3 Å². The third-order valence-corrected chi connectivity index (χ3v) is 3.47. The Morgan fingerprint density at radius 1 is 1.25 bits per heavy atom. The van der Waals surface area contributed by atoms with Gasteiger partial charge in [0, 0.05) is 52.1 Å². The van der Waals surface area contributed by atoms with Gasteiger partial charge in [0.05, 0.1) is 12.3 Å². The van der Waals surface area contributed by atoms with Gasteiger partial charge in [-0.05, 0) is 20.0 Å². The van der Waals surface area contributed by atoms with Crippen molar-refractivity contribution < 1.29 is 4.74 Å². The van der Waals surface area contributed by atoms with E-state index in [0.717, 1.165) is 63.2 Å². The number of methoxy groups -OCH3 is 1. The predicted octanol–water partition coefficient (Wildman–Crippen LogP) is 0.273. The Hall–Kier alpha value is -1.24. The number of aryl methyl sites for hydroxylation is 1. The van der Waals surface area contributed by atoms with Gasteiger partial charge in [0.1, 0.15) is 0 Å². The first kappa shape index (κ1) is 15.2. The summed E-state index contributed by atoms with van der Waals surface area (Å²) in [6.07, 6.45) is 0. The molecule has 2 heterocycles. The zero-order valence-electron chi connectivity index (χ0n) is 12.7. The summed E-state index contributed by atoms with van der Waals surface area (Å²) in [6.45, 7) is 8.47. The maximum Gasteiger partial charge on any atom is 0.225 e. The van der Waals surface area contributed by atoms with Gasteiger partial charge in [-0.1, -0.05) is 0 Å². The number of nitrogens with one attached hydrogen (secondary N) is 1. The van der Waals surface area contributed by atoms with Crippen LogP contribution in [0.1, 0.15) is 11.4 Å². The number of aromatic nitrogens is 2. The van der Waals surface area contributed by atoms with Gasteiger partial charge in [-0.15, -0.1) is 0 Å². The van der Waals surface area contributed by atoms with Crippen LogP contribution in [0, 0.1) is 6.92 Å². The molecule has 1 N–H and O–H groups in total. The lowest BCUT2D eigenvalue weighted by Crippen LogP contribution is -2.45. The molecule has 0 unspecified atom stereocenters. The largest absolute Gasteiger partial charge is 0.383 e. The van der Waals surface area contributed by atoms with Crippen LogP contribution in [0.3, 0.4) is 0 Å². The number of nitrogens with zero attached hydrogens (tertiary/aromatic N) is 4. The van der Waals surface area contributed by atoms with Crippen molar-refractivity contribution >= 4 is 5.95 Å². The van der Waals surface area contributed by atoms with Crippen molar-refractivity contribution in [1.29, 1.82) is 0 Å². The second-order valence-electron chi connectivity index (χ2n) is 5.26. The van der Waals surface area contributed by atoms with Crippen LogP contribution in [0.4, 0.5) is 5.95 Å². The average Bonchev–Trinajstić information content (AvgIpc) is 2.44. The second-order valence-corrected chi connectivity index (χ2v) is 5.26. The fourth-order valence-corrected chi connectivity index (χ4v) is 2.25. The van der Waals surface area contributed by atoms with E-state index >= 15 is 0 Å². The normalized spacial score (nSPS) is 16.6. The van der Waals surface area contributed by atoms with Gasteiger partial charge < -0.3 is 19.9 Å². The number of rotatable bonds is 6. The van der Waals surface area contributed by atoms with E-state index in [1.165, 1.54) is 0 Å². The Morgan fingerprint density at radius 2 is 2.00 bits per heavy atom. The molecule has 0 aromatic carbocycles. The lowest BCUT2D eigenvalue weighted by Gasteiger charge is -2.32. The summed E-state index contributed by atoms with van der Waals surface area (Å²) >= 11 is 0. The molecule has 0 aliphatic carbocycles. The number of anilines is 1. The molecule has 0 bridgehead atoms. The van der Waals surface area contributed by atoms with Crippen LogP contribution < -0.4 is 10.2 Å². The zero-order chi connectivity index (χ0) is 14.4. The first-order valence-corrected chi connectivity index (χ1v) is 7.17. The van der Waals surface area contributed by atoms with Crippen LogP contribution in [0.5, 0.6) is 0 Å². The molecular formula is C14H25N5O. The molecule has 0 spiro atoms. The maximum absolute atomic E-state index is 5.02. The molecule has 1 aliphatic heterocycles. The van der Waals surface area contributed by atoms with E-state index in [0.29, 0.717) is 0 Å². The number of hydrogen-bond donors (Lipinski definition) is 1. The smallest absolute Gasteiger partial charge is 0.225 e. The Balaban J connectivity index is 1.97. The van der Waals surface area contributed by atoms with Crippen molar-refractivity contribution in [3.05, 3.63) is 17.5 Å². The molecule has 1 fully saturated rings. The first-order valence-electron chi connectivity index (χ1n) is 7.17. The molecule has 0 saturated carbocycles. The molecule has 0 atom stereocenters. The van der Waals surface area contributed by atoms with Gasteiger partial charge in [-0.25, -0.2) is 9.97 Å². The van der Waals surface area contributed by atoms with Crippen molar-refractivity contribution in [3.63, 3.8) is 0 Å². The third-order valence-electron chi connectivity index (χ3n) is 3.47. The van der Waals surface area contributed by atoms with E-state index in [2.05, 4.69) is 32.1 Å². The van der Waals surface area contributed by atoms with Crippen LogP contribution >= 0.6 is 0 Å². The van der Waals surface area contributed by atoms with Crippen molar-refractivity contribution in [2.45, 2.75) is 13.5 Å². The Morgan fingerprint density at radius 3 is 2.70 bits per heavy atom. The van der Waals surface area contributed by atoms with E-state index in [1.54, 1.807) is 7.11 Å². The van der Waals surface area contributed by atoms with Gasteiger partial charge in [0.2, 0.25) is 5.95 Å². The van der Waals surface area contributed by atoms with E-state index in [-0.39, 0.29) is 0 Å². The van der Waals surface area contributed by atoms with Gasteiger partial charge in [0.15, 0.2) is 0 Å². The fraction of sp³-hybridized carbons (Fsp3) is 0.714. The molecule has 20 heavy (non-hydrogen) atoms. The molecule has 6 heteroatoms. The van der Waals surface area contributed by atoms with Crippen LogP contribution in [-0.4, -0.2) is 68.4 Å². The number of ether oxygens (including phenoxy) is 1. The maximum atomic E-state index is 5.02. The summed E-state index contributed by atoms with van der Waals surface area (Å²) in [5.74, 6) is 0.863. The zero-order valence-corrected chi connectivity index (χ0v) is 12.7. The Labute approximate surface area is 121 Å². The lowest BCUT2D eigenvalue weighted by atomic mass is 10.3. The molecule has 1 saturated heterocycles. The van der Waals surface area contributed by atoms with Gasteiger partial charge in [-0.3, -0.25) is 0 Å². The summed E-state index contributed by atoms with van der Waals surface area (Å²) < 4.78 is 5.02. The third kappa shape index (κ3) is 4.40. The van der Waals surface area contributed by atoms with Crippen LogP contribution in [0.2, 0.25) is 0 Å². The minimum absolute atomic E-state index is 0.718. The molecule has 6 nitrogen and oxygen atoms in total. The topological polar surface area (TPSA) is 53.5 Å². The van der Waals surface area contributed by atoms with Crippen LogP contribution in [0.15, 0.2) is 6.07 Å². The fourth-order valence-electron chi connectivity index (χ4n) is 2.25. The molecule has 1 aromatic heterocycles. The van der Waals surface area contributed by atoms with Crippen LogP contribution in [0.25, 0.3) is 0 Å². The van der Waals surface area contributed by atoms with E-state index in [9.17, 15) is 0 Å². The molecule has 0 radical (unpaired) electrons. The van der Waals surface area contributed by atoms with Gasteiger partial charge in [0.25, 0.3) is 0 Å². The minimum Gasteiger partial charge on any atom is -0.383 e. The highest BCUT2D eigenvalue weighted by Gasteiger charge is 2.17. The summed E-state index contributed by atoms with van der Waals surface area (Å²) in [7, 11) is 3.86. The number of piperazine rings is 1. The molecular weight excluding hydrogens is 254 g/mol. The Bertz CT molecular complexity index is 418. The highest BCUT2D eigenvalue weighted by Crippen LogP contribution is 2.12. The monoisotopic (exact) mass is 279 g/mol. The molecule has 1 aromatic rings. The summed E-state index contributed by atoms with van der Waals surface area (Å²) in [5, 5.41) is 3.32. The van der Waals surface area contributed by atoms with E-state index < -0.39 is 0 Å². The lowest BCUT2D eigenvalue weighted by molar-refractivity contribution is 0.199. The summed E-state index contributed by atoms with van der Waals surface area (Å²) in [6, 6.07) is 2.04. The molecule has 112 valence electrons. The van der Waals surface area contributed by atoms with Crippen molar-refractivity contribution in [2.75, 3.05) is 58.4 Å². The molecule has 0 amide bonds. The number of likely N-dealkylation sites (N-methyl/N-ethyl adjacent to an activating group) is 1. The van der Waals surface area contributed by atoms with Crippen molar-refractivity contribution in [1.82, 2.24) is 20.2 Å². The molecule has 1 aliphatic rings. The number of hydrogen-bond acceptors (Lipinski definition) is 6. The first-order chi connectivity index (χ1) is 9.69. The van der Waals surface area contributed by atoms with Crippen molar-refractivity contribution in [3.8, 4) is 0 Å². The van der Waals surface area contributed by atoms with Gasteiger partial charge in [-0.2, -0.15) is 0 Å². The quantitative estimate of drug-likeness (QED) is 0.755. The van der Waals surface area contributed by atoms with Crippen molar-refractivity contribution in [2.24, 2.45) is 0 Å². The molecule has 2 rings (SSSR count). The van der Waals surface area contributed by atoms with Gasteiger partial charge >= 0.3 is 0 Å². The second kappa shape index (κ2) is 7.52. The highest BCUT2D eigenvalue weighted by atomic mass is 16.5. The standard InChI is InChI=1S/C14H25N5O/c1-12-10-13(11-15-4-9-20-3)17-14(16-12)19-7-5-18(2)6-8-19/h10,15H,4-9,11H2,1-3H3. The summed E-state index contributed by atoms with van der Waals surface area (Å²) in [4.78, 5) is 13.8. The summed E-state index contributed by atoms with van der Waals surface area (Å²) in [5.41, 5.74) is 2.07. The van der Waals surface area contributed by atoms with E-state index in [1.807, 2.05) is 13.0 Å². The van der Waals surface area contributed by atoms with E-state index in [4.69, 9.17) is 4.74 Å².